The molecule has 0 atom stereocenters. The van der Waals surface area contributed by atoms with Crippen molar-refractivity contribution >= 4 is 29.9 Å². The second-order valence-electron chi connectivity index (χ2n) is 4.88. The van der Waals surface area contributed by atoms with Crippen molar-refractivity contribution in [2.75, 3.05) is 27.3 Å². The van der Waals surface area contributed by atoms with Gasteiger partial charge in [0, 0.05) is 6.54 Å². The van der Waals surface area contributed by atoms with Gasteiger partial charge >= 0.3 is 0 Å². The Morgan fingerprint density at radius 3 is 2.55 bits per heavy atom. The van der Waals surface area contributed by atoms with Gasteiger partial charge < -0.3 is 20.5 Å². The molecular formula is C16H26IN3O2. The lowest BCUT2D eigenvalue weighted by atomic mass is 10.1. The summed E-state index contributed by atoms with van der Waals surface area (Å²) < 4.78 is 10.5. The number of hydrogen-bond donors (Lipinski definition) is 2. The summed E-state index contributed by atoms with van der Waals surface area (Å²) in [6, 6.07) is 5.96. The summed E-state index contributed by atoms with van der Waals surface area (Å²) in [4.78, 5) is 4.17. The molecule has 6 heteroatoms. The molecule has 0 aliphatic rings. The van der Waals surface area contributed by atoms with Crippen molar-refractivity contribution in [3.63, 3.8) is 0 Å². The third-order valence-corrected chi connectivity index (χ3v) is 2.92. The first-order chi connectivity index (χ1) is 10.1. The maximum atomic E-state index is 5.75. The largest absolute Gasteiger partial charge is 0.493 e. The van der Waals surface area contributed by atoms with Crippen molar-refractivity contribution in [1.82, 2.24) is 5.32 Å². The molecule has 124 valence electrons. The number of nitrogens with one attached hydrogen (secondary N) is 1. The predicted molar refractivity (Wildman–Crippen MR) is 103 cm³/mol. The maximum Gasteiger partial charge on any atom is 0.188 e. The Labute approximate surface area is 150 Å². The number of hydrogen-bond acceptors (Lipinski definition) is 3. The number of guanidine groups is 1. The lowest BCUT2D eigenvalue weighted by molar-refractivity contribution is 0.354. The first kappa shape index (κ1) is 20.6. The van der Waals surface area contributed by atoms with E-state index in [9.17, 15) is 0 Å². The monoisotopic (exact) mass is 419 g/mol. The number of ether oxygens (including phenoxy) is 2. The van der Waals surface area contributed by atoms with Crippen LogP contribution in [0, 0.1) is 0 Å². The molecule has 0 amide bonds. The molecule has 0 unspecified atom stereocenters. The van der Waals surface area contributed by atoms with E-state index in [2.05, 4.69) is 16.9 Å². The van der Waals surface area contributed by atoms with Gasteiger partial charge in [0.1, 0.15) is 0 Å². The normalized spacial score (nSPS) is 10.6. The topological polar surface area (TPSA) is 68.9 Å². The smallest absolute Gasteiger partial charge is 0.188 e. The van der Waals surface area contributed by atoms with Crippen LogP contribution in [0.15, 0.2) is 35.3 Å². The zero-order valence-electron chi connectivity index (χ0n) is 13.5. The highest BCUT2D eigenvalue weighted by atomic mass is 127. The zero-order chi connectivity index (χ0) is 15.7. The number of aliphatic imine (C=N–C) groups is 1. The fraction of sp³-hybridized carbons (Fsp3) is 0.438. The van der Waals surface area contributed by atoms with E-state index in [-0.39, 0.29) is 24.0 Å². The molecular weight excluding hydrogens is 393 g/mol. The Balaban J connectivity index is 0.00000441. The fourth-order valence-electron chi connectivity index (χ4n) is 1.82. The van der Waals surface area contributed by atoms with Gasteiger partial charge in [-0.25, -0.2) is 4.99 Å². The molecule has 1 rings (SSSR count). The summed E-state index contributed by atoms with van der Waals surface area (Å²) in [5, 5.41) is 3.09. The van der Waals surface area contributed by atoms with Crippen molar-refractivity contribution < 1.29 is 9.47 Å². The van der Waals surface area contributed by atoms with Crippen molar-refractivity contribution in [3.8, 4) is 11.5 Å². The Bertz CT molecular complexity index is 504. The second-order valence-corrected chi connectivity index (χ2v) is 4.88. The summed E-state index contributed by atoms with van der Waals surface area (Å²) >= 11 is 0. The molecule has 0 heterocycles. The van der Waals surface area contributed by atoms with Crippen LogP contribution in [0.5, 0.6) is 11.5 Å². The average Bonchev–Trinajstić information content (AvgIpc) is 2.49. The van der Waals surface area contributed by atoms with Gasteiger partial charge in [-0.05, 0) is 37.5 Å². The minimum atomic E-state index is 0. The molecule has 0 saturated carbocycles. The van der Waals surface area contributed by atoms with Gasteiger partial charge in [0.25, 0.3) is 0 Å². The van der Waals surface area contributed by atoms with Crippen LogP contribution in [-0.4, -0.2) is 33.3 Å². The van der Waals surface area contributed by atoms with Crippen LogP contribution in [0.4, 0.5) is 0 Å². The number of aryl methyl sites for hydroxylation is 1. The van der Waals surface area contributed by atoms with E-state index in [1.165, 1.54) is 5.56 Å². The predicted octanol–water partition coefficient (Wildman–Crippen LogP) is 2.73. The van der Waals surface area contributed by atoms with Crippen LogP contribution in [0.2, 0.25) is 0 Å². The molecule has 0 bridgehead atoms. The van der Waals surface area contributed by atoms with E-state index < -0.39 is 0 Å². The summed E-state index contributed by atoms with van der Waals surface area (Å²) in [5.41, 5.74) is 7.94. The van der Waals surface area contributed by atoms with Crippen molar-refractivity contribution in [1.29, 1.82) is 0 Å². The lowest BCUT2D eigenvalue weighted by Gasteiger charge is -2.10. The van der Waals surface area contributed by atoms with E-state index in [1.54, 1.807) is 14.2 Å². The quantitative estimate of drug-likeness (QED) is 0.224. The van der Waals surface area contributed by atoms with E-state index in [0.717, 1.165) is 36.5 Å². The van der Waals surface area contributed by atoms with E-state index in [0.29, 0.717) is 12.5 Å². The van der Waals surface area contributed by atoms with Gasteiger partial charge in [0.05, 0.1) is 20.8 Å². The van der Waals surface area contributed by atoms with E-state index in [1.807, 2.05) is 25.1 Å². The SMILES string of the molecule is C=C(C)CN=C(N)NCCCc1ccc(OC)c(OC)c1.I. The van der Waals surface area contributed by atoms with Crippen molar-refractivity contribution in [2.24, 2.45) is 10.7 Å². The Morgan fingerprint density at radius 2 is 1.95 bits per heavy atom. The third-order valence-electron chi connectivity index (χ3n) is 2.92. The molecule has 5 nitrogen and oxygen atoms in total. The van der Waals surface area contributed by atoms with Crippen LogP contribution < -0.4 is 20.5 Å². The van der Waals surface area contributed by atoms with Gasteiger partial charge in [0.2, 0.25) is 0 Å². The fourth-order valence-corrected chi connectivity index (χ4v) is 1.82. The van der Waals surface area contributed by atoms with Crippen LogP contribution in [0.3, 0.4) is 0 Å². The summed E-state index contributed by atoms with van der Waals surface area (Å²) in [6.07, 6.45) is 1.89. The molecule has 0 radical (unpaired) electrons. The average molecular weight is 419 g/mol. The van der Waals surface area contributed by atoms with Gasteiger partial charge in [0.15, 0.2) is 17.5 Å². The van der Waals surface area contributed by atoms with Crippen molar-refractivity contribution in [3.05, 3.63) is 35.9 Å². The minimum absolute atomic E-state index is 0. The maximum absolute atomic E-state index is 5.75. The van der Waals surface area contributed by atoms with Gasteiger partial charge in [-0.2, -0.15) is 0 Å². The molecule has 1 aromatic rings. The number of rotatable bonds is 8. The van der Waals surface area contributed by atoms with Gasteiger partial charge in [-0.1, -0.05) is 18.2 Å². The Kier molecular flexibility index (Phi) is 10.4. The highest BCUT2D eigenvalue weighted by Gasteiger charge is 2.04. The van der Waals surface area contributed by atoms with Crippen LogP contribution in [0.25, 0.3) is 0 Å². The molecule has 0 fully saturated rings. The highest BCUT2D eigenvalue weighted by Crippen LogP contribution is 2.27. The molecule has 22 heavy (non-hydrogen) atoms. The molecule has 0 aliphatic heterocycles. The number of methoxy groups -OCH3 is 2. The first-order valence-corrected chi connectivity index (χ1v) is 6.96. The molecule has 0 aliphatic carbocycles. The zero-order valence-corrected chi connectivity index (χ0v) is 15.8. The lowest BCUT2D eigenvalue weighted by Crippen LogP contribution is -2.32. The number of nitrogens with two attached hydrogens (primary N) is 1. The molecule has 0 aromatic heterocycles. The number of halogens is 1. The molecule has 0 spiro atoms. The Morgan fingerprint density at radius 1 is 1.27 bits per heavy atom. The second kappa shape index (κ2) is 11.2. The van der Waals surface area contributed by atoms with Crippen LogP contribution in [-0.2, 0) is 6.42 Å². The van der Waals surface area contributed by atoms with E-state index in [4.69, 9.17) is 15.2 Å². The number of benzene rings is 1. The number of nitrogens with zero attached hydrogens (tertiary/aromatic N) is 1. The molecule has 1 aromatic carbocycles. The first-order valence-electron chi connectivity index (χ1n) is 6.96. The summed E-state index contributed by atoms with van der Waals surface area (Å²) in [5.74, 6) is 1.96. The summed E-state index contributed by atoms with van der Waals surface area (Å²) in [7, 11) is 3.27. The molecule has 0 saturated heterocycles. The van der Waals surface area contributed by atoms with Crippen LogP contribution in [0.1, 0.15) is 18.9 Å². The summed E-state index contributed by atoms with van der Waals surface area (Å²) in [6.45, 7) is 7.05. The molecule has 3 N–H and O–H groups in total. The highest BCUT2D eigenvalue weighted by molar-refractivity contribution is 14.0. The third kappa shape index (κ3) is 7.53. The van der Waals surface area contributed by atoms with Crippen molar-refractivity contribution in [2.45, 2.75) is 19.8 Å². The van der Waals surface area contributed by atoms with E-state index >= 15 is 0 Å². The van der Waals surface area contributed by atoms with Crippen LogP contribution >= 0.6 is 24.0 Å². The van der Waals surface area contributed by atoms with Gasteiger partial charge in [-0.3, -0.25) is 0 Å². The Hall–Kier alpha value is -1.44. The standard InChI is InChI=1S/C16H25N3O2.HI/c1-12(2)11-19-16(17)18-9-5-6-13-7-8-14(20-3)15(10-13)21-4;/h7-8,10H,1,5-6,9,11H2,2-4H3,(H3,17,18,19);1H. The van der Waals surface area contributed by atoms with Gasteiger partial charge in [-0.15, -0.1) is 24.0 Å². The minimum Gasteiger partial charge on any atom is -0.493 e.